The molecule has 2 rings (SSSR count). The zero-order valence-electron chi connectivity index (χ0n) is 8.16. The van der Waals surface area contributed by atoms with Crippen LogP contribution in [-0.2, 0) is 9.53 Å². The molecular weight excluding hydrogens is 214 g/mol. The van der Waals surface area contributed by atoms with E-state index in [1.54, 1.807) is 6.20 Å². The number of carbonyl (C=O) groups excluding carboxylic acids is 1. The number of rotatable bonds is 2. The smallest absolute Gasteiger partial charge is 0.328 e. The summed E-state index contributed by atoms with van der Waals surface area (Å²) in [5, 5.41) is 0.189. The molecule has 15 heavy (non-hydrogen) atoms. The Hall–Kier alpha value is -1.48. The molecule has 0 fully saturated rings. The van der Waals surface area contributed by atoms with E-state index in [1.165, 1.54) is 7.11 Å². The summed E-state index contributed by atoms with van der Waals surface area (Å²) >= 11 is 5.98. The third-order valence-electron chi connectivity index (χ3n) is 2.30. The van der Waals surface area contributed by atoms with Crippen molar-refractivity contribution in [2.24, 2.45) is 0 Å². The number of nitrogens with one attached hydrogen (secondary N) is 1. The number of aromatic nitrogens is 1. The van der Waals surface area contributed by atoms with Gasteiger partial charge in [0.1, 0.15) is 0 Å². The summed E-state index contributed by atoms with van der Waals surface area (Å²) in [6, 6.07) is 7.67. The van der Waals surface area contributed by atoms with Gasteiger partial charge in [0.05, 0.1) is 7.11 Å². The highest BCUT2D eigenvalue weighted by atomic mass is 35.5. The fraction of sp³-hybridized carbons (Fsp3) is 0.182. The monoisotopic (exact) mass is 223 g/mol. The van der Waals surface area contributed by atoms with Crippen LogP contribution < -0.4 is 0 Å². The maximum Gasteiger partial charge on any atom is 0.328 e. The van der Waals surface area contributed by atoms with Gasteiger partial charge in [0.25, 0.3) is 0 Å². The van der Waals surface area contributed by atoms with Crippen molar-refractivity contribution < 1.29 is 9.53 Å². The first-order valence-corrected chi connectivity index (χ1v) is 4.95. The molecule has 1 aromatic heterocycles. The number of fused-ring (bicyclic) bond motifs is 1. The van der Waals surface area contributed by atoms with Gasteiger partial charge in [0.2, 0.25) is 0 Å². The number of alkyl halides is 1. The Morgan fingerprint density at radius 2 is 2.20 bits per heavy atom. The number of hydrogen-bond acceptors (Lipinski definition) is 2. The van der Waals surface area contributed by atoms with Crippen LogP contribution in [0.4, 0.5) is 0 Å². The Balaban J connectivity index is 2.48. The van der Waals surface area contributed by atoms with Gasteiger partial charge in [0, 0.05) is 22.7 Å². The average molecular weight is 224 g/mol. The van der Waals surface area contributed by atoms with Gasteiger partial charge in [-0.3, -0.25) is 4.79 Å². The molecule has 78 valence electrons. The van der Waals surface area contributed by atoms with Gasteiger partial charge in [-0.25, -0.2) is 0 Å². The number of esters is 1. The molecule has 1 atom stereocenters. The third-order valence-corrected chi connectivity index (χ3v) is 2.72. The van der Waals surface area contributed by atoms with E-state index in [-0.39, 0.29) is 0 Å². The summed E-state index contributed by atoms with van der Waals surface area (Å²) in [7, 11) is 1.33. The lowest BCUT2D eigenvalue weighted by Gasteiger charge is -2.05. The van der Waals surface area contributed by atoms with E-state index in [9.17, 15) is 4.79 Å². The van der Waals surface area contributed by atoms with E-state index in [2.05, 4.69) is 9.72 Å². The van der Waals surface area contributed by atoms with Crippen LogP contribution in [0.15, 0.2) is 30.5 Å². The zero-order valence-corrected chi connectivity index (χ0v) is 8.91. The lowest BCUT2D eigenvalue weighted by Crippen LogP contribution is -2.07. The average Bonchev–Trinajstić information content (AvgIpc) is 2.70. The lowest BCUT2D eigenvalue weighted by molar-refractivity contribution is -0.140. The number of aromatic amines is 1. The molecule has 1 heterocycles. The number of para-hydroxylation sites is 1. The number of H-pyrrole nitrogens is 1. The first-order chi connectivity index (χ1) is 7.24. The van der Waals surface area contributed by atoms with Crippen LogP contribution in [0, 0.1) is 0 Å². The molecule has 0 saturated heterocycles. The first kappa shape index (κ1) is 10.1. The van der Waals surface area contributed by atoms with Crippen LogP contribution >= 0.6 is 11.6 Å². The van der Waals surface area contributed by atoms with E-state index >= 15 is 0 Å². The summed E-state index contributed by atoms with van der Waals surface area (Å²) in [5.41, 5.74) is 1.71. The van der Waals surface area contributed by atoms with Crippen LogP contribution in [0.25, 0.3) is 10.9 Å². The second-order valence-corrected chi connectivity index (χ2v) is 3.61. The number of benzene rings is 1. The first-order valence-electron chi connectivity index (χ1n) is 4.52. The zero-order chi connectivity index (χ0) is 10.8. The molecule has 0 bridgehead atoms. The molecule has 0 radical (unpaired) electrons. The molecule has 0 aliphatic rings. The van der Waals surface area contributed by atoms with E-state index < -0.39 is 11.3 Å². The summed E-state index contributed by atoms with van der Waals surface area (Å²) in [4.78, 5) is 14.3. The van der Waals surface area contributed by atoms with Crippen molar-refractivity contribution in [3.63, 3.8) is 0 Å². The molecule has 0 aliphatic heterocycles. The maximum absolute atomic E-state index is 11.3. The molecule has 0 amide bonds. The molecule has 4 heteroatoms. The largest absolute Gasteiger partial charge is 0.468 e. The third kappa shape index (κ3) is 1.70. The number of methoxy groups -OCH3 is 1. The second kappa shape index (κ2) is 3.95. The SMILES string of the molecule is COC(=O)C(Cl)c1c[nH]c2ccccc12. The van der Waals surface area contributed by atoms with Crippen molar-refractivity contribution in [1.29, 1.82) is 0 Å². The maximum atomic E-state index is 11.3. The summed E-state index contributed by atoms with van der Waals surface area (Å²) in [5.74, 6) is -0.443. The van der Waals surface area contributed by atoms with Crippen molar-refractivity contribution in [3.05, 3.63) is 36.0 Å². The Kier molecular flexibility index (Phi) is 2.64. The van der Waals surface area contributed by atoms with E-state index in [0.29, 0.717) is 0 Å². The minimum Gasteiger partial charge on any atom is -0.468 e. The van der Waals surface area contributed by atoms with Gasteiger partial charge in [-0.2, -0.15) is 0 Å². The molecule has 2 aromatic rings. The molecule has 0 aliphatic carbocycles. The Morgan fingerprint density at radius 1 is 1.47 bits per heavy atom. The predicted molar refractivity (Wildman–Crippen MR) is 58.9 cm³/mol. The van der Waals surface area contributed by atoms with Crippen LogP contribution in [0.5, 0.6) is 0 Å². The highest BCUT2D eigenvalue weighted by Gasteiger charge is 2.21. The van der Waals surface area contributed by atoms with Crippen molar-refractivity contribution >= 4 is 28.5 Å². The molecule has 3 nitrogen and oxygen atoms in total. The van der Waals surface area contributed by atoms with Gasteiger partial charge >= 0.3 is 5.97 Å². The van der Waals surface area contributed by atoms with Gasteiger partial charge in [-0.15, -0.1) is 11.6 Å². The van der Waals surface area contributed by atoms with Crippen molar-refractivity contribution in [3.8, 4) is 0 Å². The van der Waals surface area contributed by atoms with Gasteiger partial charge in [-0.05, 0) is 6.07 Å². The number of halogens is 1. The quantitative estimate of drug-likeness (QED) is 0.628. The fourth-order valence-corrected chi connectivity index (χ4v) is 1.80. The van der Waals surface area contributed by atoms with Crippen LogP contribution in [-0.4, -0.2) is 18.1 Å². The van der Waals surface area contributed by atoms with Crippen molar-refractivity contribution in [1.82, 2.24) is 4.98 Å². The van der Waals surface area contributed by atoms with E-state index in [1.807, 2.05) is 24.3 Å². The second-order valence-electron chi connectivity index (χ2n) is 3.18. The van der Waals surface area contributed by atoms with E-state index in [4.69, 9.17) is 11.6 Å². The van der Waals surface area contributed by atoms with Crippen LogP contribution in [0.1, 0.15) is 10.9 Å². The minimum absolute atomic E-state index is 0.443. The molecule has 1 aromatic carbocycles. The Morgan fingerprint density at radius 3 is 2.93 bits per heavy atom. The fourth-order valence-electron chi connectivity index (χ4n) is 1.53. The number of hydrogen-bond donors (Lipinski definition) is 1. The minimum atomic E-state index is -0.758. The molecular formula is C11H10ClNO2. The normalized spacial score (nSPS) is 12.7. The standard InChI is InChI=1S/C11H10ClNO2/c1-15-11(14)10(12)8-6-13-9-5-3-2-4-7(8)9/h2-6,10,13H,1H3. The molecule has 1 unspecified atom stereocenters. The molecule has 0 saturated carbocycles. The van der Waals surface area contributed by atoms with Crippen LogP contribution in [0.3, 0.4) is 0 Å². The predicted octanol–water partition coefficient (Wildman–Crippen LogP) is 2.62. The van der Waals surface area contributed by atoms with E-state index in [0.717, 1.165) is 16.5 Å². The number of ether oxygens (including phenoxy) is 1. The molecule has 0 spiro atoms. The van der Waals surface area contributed by atoms with Gasteiger partial charge < -0.3 is 9.72 Å². The highest BCUT2D eigenvalue weighted by molar-refractivity contribution is 6.30. The molecule has 1 N–H and O–H groups in total. The van der Waals surface area contributed by atoms with Crippen LogP contribution in [0.2, 0.25) is 0 Å². The summed E-state index contributed by atoms with van der Waals surface area (Å²) < 4.78 is 4.60. The van der Waals surface area contributed by atoms with Gasteiger partial charge in [-0.1, -0.05) is 18.2 Å². The van der Waals surface area contributed by atoms with Gasteiger partial charge in [0.15, 0.2) is 5.38 Å². The topological polar surface area (TPSA) is 42.1 Å². The number of carbonyl (C=O) groups is 1. The summed E-state index contributed by atoms with van der Waals surface area (Å²) in [6.07, 6.45) is 1.74. The Bertz CT molecular complexity index is 492. The lowest BCUT2D eigenvalue weighted by atomic mass is 10.1. The van der Waals surface area contributed by atoms with Crippen molar-refractivity contribution in [2.45, 2.75) is 5.38 Å². The Labute approximate surface area is 92.0 Å². The van der Waals surface area contributed by atoms with Crippen molar-refractivity contribution in [2.75, 3.05) is 7.11 Å². The summed E-state index contributed by atoms with van der Waals surface area (Å²) in [6.45, 7) is 0. The highest BCUT2D eigenvalue weighted by Crippen LogP contribution is 2.28.